The van der Waals surface area contributed by atoms with Crippen LogP contribution in [-0.4, -0.2) is 9.66 Å². The molecule has 0 spiro atoms. The van der Waals surface area contributed by atoms with Crippen molar-refractivity contribution in [1.29, 1.82) is 0 Å². The van der Waals surface area contributed by atoms with Gasteiger partial charge in [-0.2, -0.15) is 0 Å². The molecule has 0 aliphatic rings. The van der Waals surface area contributed by atoms with E-state index < -0.39 is 28.5 Å². The summed E-state index contributed by atoms with van der Waals surface area (Å²) in [4.78, 5) is 3.51. The Balaban J connectivity index is 3.07. The van der Waals surface area contributed by atoms with E-state index in [9.17, 15) is 13.2 Å². The number of benzene rings is 1. The number of fused-ring (bicyclic) bond motifs is 1. The number of nitrogen functional groups attached to an aromatic ring is 2. The highest BCUT2D eigenvalue weighted by molar-refractivity contribution is 5.80. The summed E-state index contributed by atoms with van der Waals surface area (Å²) in [6, 6.07) is 0. The lowest BCUT2D eigenvalue weighted by atomic mass is 10.2. The van der Waals surface area contributed by atoms with Crippen molar-refractivity contribution in [2.24, 2.45) is 0 Å². The Kier molecular flexibility index (Phi) is 1.79. The largest absolute Gasteiger partial charge is 0.368 e. The van der Waals surface area contributed by atoms with Gasteiger partial charge in [0, 0.05) is 5.56 Å². The summed E-state index contributed by atoms with van der Waals surface area (Å²) in [5.41, 5.74) is 3.97. The van der Waals surface area contributed by atoms with Crippen LogP contribution in [0.2, 0.25) is 0 Å². The van der Waals surface area contributed by atoms with Crippen LogP contribution in [0, 0.1) is 24.4 Å². The molecule has 4 nitrogen and oxygen atoms in total. The molecule has 1 heterocycles. The molecule has 2 aromatic rings. The molecular weight excluding hydrogens is 209 g/mol. The predicted octanol–water partition coefficient (Wildman–Crippen LogP) is 1.06. The van der Waals surface area contributed by atoms with Crippen LogP contribution in [0.4, 0.5) is 19.1 Å². The number of halogens is 3. The summed E-state index contributed by atoms with van der Waals surface area (Å²) >= 11 is 0. The third-order valence-electron chi connectivity index (χ3n) is 2.21. The zero-order valence-electron chi connectivity index (χ0n) is 7.68. The number of aromatic nitrogens is 2. The third-order valence-corrected chi connectivity index (χ3v) is 2.21. The molecule has 0 atom stereocenters. The second-order valence-corrected chi connectivity index (χ2v) is 3.10. The molecule has 0 saturated carbocycles. The van der Waals surface area contributed by atoms with Crippen molar-refractivity contribution >= 4 is 17.0 Å². The Morgan fingerprint density at radius 1 is 1.13 bits per heavy atom. The topological polar surface area (TPSA) is 69.9 Å². The summed E-state index contributed by atoms with van der Waals surface area (Å²) < 4.78 is 40.6. The molecule has 0 aliphatic carbocycles. The highest BCUT2D eigenvalue weighted by atomic mass is 19.2. The van der Waals surface area contributed by atoms with E-state index in [1.165, 1.54) is 0 Å². The molecule has 0 bridgehead atoms. The van der Waals surface area contributed by atoms with E-state index in [1.54, 1.807) is 0 Å². The molecule has 7 heteroatoms. The SMILES string of the molecule is Cc1c(F)c(F)c2c(nc(N)n2N)c1F. The minimum absolute atomic E-state index is 0.284. The van der Waals surface area contributed by atoms with Gasteiger partial charge < -0.3 is 11.6 Å². The number of anilines is 1. The Morgan fingerprint density at radius 2 is 1.73 bits per heavy atom. The lowest BCUT2D eigenvalue weighted by Crippen LogP contribution is -2.13. The quantitative estimate of drug-likeness (QED) is 0.511. The highest BCUT2D eigenvalue weighted by Crippen LogP contribution is 2.27. The van der Waals surface area contributed by atoms with Crippen molar-refractivity contribution in [2.75, 3.05) is 11.6 Å². The van der Waals surface area contributed by atoms with E-state index in [-0.39, 0.29) is 11.5 Å². The first-order valence-corrected chi connectivity index (χ1v) is 4.01. The fourth-order valence-electron chi connectivity index (χ4n) is 1.36. The van der Waals surface area contributed by atoms with Gasteiger partial charge in [0.1, 0.15) is 11.0 Å². The van der Waals surface area contributed by atoms with Gasteiger partial charge in [-0.1, -0.05) is 0 Å². The van der Waals surface area contributed by atoms with Gasteiger partial charge >= 0.3 is 0 Å². The van der Waals surface area contributed by atoms with E-state index in [0.717, 1.165) is 6.92 Å². The molecule has 0 aliphatic heterocycles. The number of imidazole rings is 1. The fraction of sp³-hybridized carbons (Fsp3) is 0.125. The highest BCUT2D eigenvalue weighted by Gasteiger charge is 2.22. The Hall–Kier alpha value is -1.92. The fourth-order valence-corrected chi connectivity index (χ4v) is 1.36. The van der Waals surface area contributed by atoms with E-state index in [0.29, 0.717) is 4.68 Å². The number of hydrogen-bond donors (Lipinski definition) is 2. The van der Waals surface area contributed by atoms with Crippen LogP contribution < -0.4 is 11.6 Å². The molecule has 80 valence electrons. The van der Waals surface area contributed by atoms with Crippen LogP contribution in [0.3, 0.4) is 0 Å². The molecule has 0 radical (unpaired) electrons. The van der Waals surface area contributed by atoms with Crippen molar-refractivity contribution in [3.63, 3.8) is 0 Å². The minimum Gasteiger partial charge on any atom is -0.368 e. The second-order valence-electron chi connectivity index (χ2n) is 3.10. The minimum atomic E-state index is -1.29. The molecule has 1 aromatic heterocycles. The summed E-state index contributed by atoms with van der Waals surface area (Å²) in [6.45, 7) is 1.11. The first-order valence-electron chi connectivity index (χ1n) is 4.01. The van der Waals surface area contributed by atoms with E-state index in [1.807, 2.05) is 0 Å². The van der Waals surface area contributed by atoms with Crippen molar-refractivity contribution in [1.82, 2.24) is 9.66 Å². The number of nitrogens with two attached hydrogens (primary N) is 2. The maximum absolute atomic E-state index is 13.4. The average molecular weight is 216 g/mol. The zero-order valence-corrected chi connectivity index (χ0v) is 7.68. The van der Waals surface area contributed by atoms with Gasteiger partial charge in [0.2, 0.25) is 5.95 Å². The van der Waals surface area contributed by atoms with Gasteiger partial charge in [0.25, 0.3) is 0 Å². The van der Waals surface area contributed by atoms with Gasteiger partial charge in [-0.3, -0.25) is 0 Å². The summed E-state index contributed by atoms with van der Waals surface area (Å²) in [7, 11) is 0. The van der Waals surface area contributed by atoms with Crippen molar-refractivity contribution in [3.05, 3.63) is 23.0 Å². The second kappa shape index (κ2) is 2.78. The van der Waals surface area contributed by atoms with Gasteiger partial charge in [-0.05, 0) is 6.92 Å². The summed E-state index contributed by atoms with van der Waals surface area (Å²) in [5.74, 6) is 1.50. The van der Waals surface area contributed by atoms with Crippen LogP contribution >= 0.6 is 0 Å². The first kappa shape index (κ1) is 9.63. The van der Waals surface area contributed by atoms with Gasteiger partial charge in [0.15, 0.2) is 17.5 Å². The molecule has 4 N–H and O–H groups in total. The maximum atomic E-state index is 13.4. The van der Waals surface area contributed by atoms with Crippen molar-refractivity contribution < 1.29 is 13.2 Å². The van der Waals surface area contributed by atoms with Crippen LogP contribution in [-0.2, 0) is 0 Å². The maximum Gasteiger partial charge on any atom is 0.220 e. The molecule has 0 unspecified atom stereocenters. The normalized spacial score (nSPS) is 11.2. The standard InChI is InChI=1S/C8H7F3N4/c1-2-3(9)5(11)7-6(4(2)10)14-8(12)15(7)13/h13H2,1H3,(H2,12,14). The zero-order chi connectivity index (χ0) is 11.3. The monoisotopic (exact) mass is 216 g/mol. The summed E-state index contributed by atoms with van der Waals surface area (Å²) in [5, 5.41) is 0. The van der Waals surface area contributed by atoms with Crippen LogP contribution in [0.1, 0.15) is 5.56 Å². The molecule has 15 heavy (non-hydrogen) atoms. The molecule has 0 amide bonds. The van der Waals surface area contributed by atoms with Gasteiger partial charge in [-0.15, -0.1) is 0 Å². The number of hydrogen-bond acceptors (Lipinski definition) is 3. The van der Waals surface area contributed by atoms with E-state index in [4.69, 9.17) is 11.6 Å². The third kappa shape index (κ3) is 1.06. The van der Waals surface area contributed by atoms with Crippen LogP contribution in [0.25, 0.3) is 11.0 Å². The summed E-state index contributed by atoms with van der Waals surface area (Å²) in [6.07, 6.45) is 0. The van der Waals surface area contributed by atoms with Crippen molar-refractivity contribution in [3.8, 4) is 0 Å². The first-order chi connectivity index (χ1) is 6.95. The molecular formula is C8H7F3N4. The van der Waals surface area contributed by atoms with Crippen molar-refractivity contribution in [2.45, 2.75) is 6.92 Å². The average Bonchev–Trinajstić information content (AvgIpc) is 2.50. The van der Waals surface area contributed by atoms with Gasteiger partial charge in [0.05, 0.1) is 0 Å². The molecule has 0 saturated heterocycles. The molecule has 1 aromatic carbocycles. The Morgan fingerprint density at radius 3 is 2.33 bits per heavy atom. The van der Waals surface area contributed by atoms with E-state index >= 15 is 0 Å². The lowest BCUT2D eigenvalue weighted by Gasteiger charge is -2.03. The molecule has 2 rings (SSSR count). The van der Waals surface area contributed by atoms with Crippen LogP contribution in [0.15, 0.2) is 0 Å². The Labute approximate surface area is 82.3 Å². The Bertz CT molecular complexity index is 561. The number of nitrogens with zero attached hydrogens (tertiary/aromatic N) is 2. The number of rotatable bonds is 0. The lowest BCUT2D eigenvalue weighted by molar-refractivity contribution is 0.494. The smallest absolute Gasteiger partial charge is 0.220 e. The van der Waals surface area contributed by atoms with Gasteiger partial charge in [-0.25, -0.2) is 22.8 Å². The predicted molar refractivity (Wildman–Crippen MR) is 48.9 cm³/mol. The van der Waals surface area contributed by atoms with E-state index in [2.05, 4.69) is 4.98 Å². The van der Waals surface area contributed by atoms with Crippen LogP contribution in [0.5, 0.6) is 0 Å². The molecule has 0 fully saturated rings.